The van der Waals surface area contributed by atoms with Crippen LogP contribution < -0.4 is 0 Å². The van der Waals surface area contributed by atoms with Crippen LogP contribution in [0.4, 0.5) is 0 Å². The normalized spacial score (nSPS) is 10.4. The van der Waals surface area contributed by atoms with Gasteiger partial charge in [0, 0.05) is 11.8 Å². The van der Waals surface area contributed by atoms with Crippen LogP contribution in [0.25, 0.3) is 17.0 Å². The topological polar surface area (TPSA) is 54.0 Å². The lowest BCUT2D eigenvalue weighted by Gasteiger charge is -2.00. The number of aromatic nitrogens is 3. The maximum atomic E-state index is 8.93. The van der Waals surface area contributed by atoms with Crippen molar-refractivity contribution in [3.63, 3.8) is 0 Å². The van der Waals surface area contributed by atoms with Crippen molar-refractivity contribution in [3.8, 4) is 17.5 Å². The van der Waals surface area contributed by atoms with Crippen molar-refractivity contribution in [2.45, 2.75) is 6.92 Å². The molecule has 0 spiro atoms. The summed E-state index contributed by atoms with van der Waals surface area (Å²) in [5, 5.41) is 17.2. The zero-order chi connectivity index (χ0) is 12.5. The van der Waals surface area contributed by atoms with Crippen LogP contribution in [0.2, 0.25) is 0 Å². The number of aryl methyl sites for hydroxylation is 1. The highest BCUT2D eigenvalue weighted by atomic mass is 15.2. The predicted molar refractivity (Wildman–Crippen MR) is 67.9 cm³/mol. The van der Waals surface area contributed by atoms with Crippen LogP contribution in [0.5, 0.6) is 0 Å². The van der Waals surface area contributed by atoms with Gasteiger partial charge in [-0.25, -0.2) is 0 Å². The van der Waals surface area contributed by atoms with E-state index in [1.165, 1.54) is 5.56 Å². The second-order valence-electron chi connectivity index (χ2n) is 4.15. The lowest BCUT2D eigenvalue weighted by molar-refractivity contribution is 1.11. The van der Waals surface area contributed by atoms with Gasteiger partial charge in [-0.1, -0.05) is 29.8 Å². The summed E-state index contributed by atoms with van der Waals surface area (Å²) in [7, 11) is 0. The molecule has 0 amide bonds. The molecule has 0 unspecified atom stereocenters. The number of hydrogen-bond donors (Lipinski definition) is 0. The maximum absolute atomic E-state index is 8.93. The fraction of sp³-hybridized carbons (Fsp3) is 0.0714. The van der Waals surface area contributed by atoms with E-state index < -0.39 is 0 Å². The first-order valence-corrected chi connectivity index (χ1v) is 5.60. The van der Waals surface area contributed by atoms with Crippen LogP contribution in [-0.4, -0.2) is 14.6 Å². The first kappa shape index (κ1) is 10.5. The molecule has 0 saturated carbocycles. The quantitative estimate of drug-likeness (QED) is 0.650. The molecule has 1 aromatic carbocycles. The minimum atomic E-state index is 0.593. The third-order valence-corrected chi connectivity index (χ3v) is 2.84. The monoisotopic (exact) mass is 234 g/mol. The van der Waals surface area contributed by atoms with E-state index >= 15 is 0 Å². The summed E-state index contributed by atoms with van der Waals surface area (Å²) in [4.78, 5) is 0. The van der Waals surface area contributed by atoms with Crippen LogP contribution in [0.1, 0.15) is 11.1 Å². The van der Waals surface area contributed by atoms with Crippen LogP contribution in [0, 0.1) is 18.3 Å². The minimum absolute atomic E-state index is 0.593. The maximum Gasteiger partial charge on any atom is 0.168 e. The zero-order valence-electron chi connectivity index (χ0n) is 9.83. The van der Waals surface area contributed by atoms with E-state index in [1.54, 1.807) is 18.3 Å². The molecule has 86 valence electrons. The largest absolute Gasteiger partial charge is 0.281 e. The van der Waals surface area contributed by atoms with E-state index in [4.69, 9.17) is 5.26 Å². The van der Waals surface area contributed by atoms with Gasteiger partial charge in [-0.15, -0.1) is 10.2 Å². The highest BCUT2D eigenvalue weighted by molar-refractivity contribution is 5.60. The molecule has 0 atom stereocenters. The molecule has 0 aliphatic heterocycles. The predicted octanol–water partition coefficient (Wildman–Crippen LogP) is 2.58. The van der Waals surface area contributed by atoms with Gasteiger partial charge in [0.15, 0.2) is 11.5 Å². The Bertz CT molecular complexity index is 748. The molecule has 4 nitrogen and oxygen atoms in total. The minimum Gasteiger partial charge on any atom is -0.281 e. The molecule has 2 heterocycles. The molecule has 0 radical (unpaired) electrons. The van der Waals surface area contributed by atoms with Gasteiger partial charge in [-0.05, 0) is 19.1 Å². The highest BCUT2D eigenvalue weighted by Gasteiger charge is 2.07. The van der Waals surface area contributed by atoms with Crippen LogP contribution >= 0.6 is 0 Å². The van der Waals surface area contributed by atoms with Gasteiger partial charge in [0.2, 0.25) is 0 Å². The molecule has 0 fully saturated rings. The number of nitrogens with zero attached hydrogens (tertiary/aromatic N) is 4. The molecule has 3 aromatic rings. The van der Waals surface area contributed by atoms with E-state index in [9.17, 15) is 0 Å². The number of nitriles is 1. The number of benzene rings is 1. The molecule has 0 aliphatic rings. The molecule has 18 heavy (non-hydrogen) atoms. The number of fused-ring (bicyclic) bond motifs is 1. The summed E-state index contributed by atoms with van der Waals surface area (Å²) in [6, 6.07) is 13.7. The lowest BCUT2D eigenvalue weighted by Crippen LogP contribution is -1.90. The van der Waals surface area contributed by atoms with E-state index in [0.29, 0.717) is 5.56 Å². The number of hydrogen-bond acceptors (Lipinski definition) is 3. The Morgan fingerprint density at radius 2 is 1.83 bits per heavy atom. The van der Waals surface area contributed by atoms with Crippen molar-refractivity contribution in [1.82, 2.24) is 14.6 Å². The molecule has 2 aromatic heterocycles. The summed E-state index contributed by atoms with van der Waals surface area (Å²) in [6.07, 6.45) is 1.75. The fourth-order valence-electron chi connectivity index (χ4n) is 1.86. The molecular formula is C14H10N4. The summed E-state index contributed by atoms with van der Waals surface area (Å²) in [5.41, 5.74) is 3.52. The van der Waals surface area contributed by atoms with Gasteiger partial charge in [-0.3, -0.25) is 4.40 Å². The summed E-state index contributed by atoms with van der Waals surface area (Å²) < 4.78 is 1.84. The summed E-state index contributed by atoms with van der Waals surface area (Å²) >= 11 is 0. The second-order valence-corrected chi connectivity index (χ2v) is 4.15. The molecule has 0 N–H and O–H groups in total. The second kappa shape index (κ2) is 3.97. The van der Waals surface area contributed by atoms with E-state index in [1.807, 2.05) is 35.6 Å². The van der Waals surface area contributed by atoms with Gasteiger partial charge in [0.05, 0.1) is 5.56 Å². The van der Waals surface area contributed by atoms with Gasteiger partial charge < -0.3 is 0 Å². The Hall–Kier alpha value is -2.67. The zero-order valence-corrected chi connectivity index (χ0v) is 9.83. The third kappa shape index (κ3) is 1.62. The van der Waals surface area contributed by atoms with Crippen molar-refractivity contribution < 1.29 is 0 Å². The molecular weight excluding hydrogens is 224 g/mol. The van der Waals surface area contributed by atoms with Crippen LogP contribution in [-0.2, 0) is 0 Å². The Labute approximate surface area is 104 Å². The lowest BCUT2D eigenvalue weighted by atomic mass is 10.1. The van der Waals surface area contributed by atoms with Crippen LogP contribution in [0.3, 0.4) is 0 Å². The Kier molecular flexibility index (Phi) is 2.31. The van der Waals surface area contributed by atoms with Crippen molar-refractivity contribution >= 4 is 5.65 Å². The Morgan fingerprint density at radius 1 is 1.06 bits per heavy atom. The first-order chi connectivity index (χ1) is 8.78. The Balaban J connectivity index is 2.23. The van der Waals surface area contributed by atoms with Gasteiger partial charge in [-0.2, -0.15) is 5.26 Å². The van der Waals surface area contributed by atoms with Crippen molar-refractivity contribution in [2.75, 3.05) is 0 Å². The molecule has 0 bridgehead atoms. The standard InChI is InChI=1S/C14H10N4/c1-10-2-5-12(6-3-10)14-17-16-13-7-4-11(8-15)9-18(13)14/h2-7,9H,1H3. The third-order valence-electron chi connectivity index (χ3n) is 2.84. The highest BCUT2D eigenvalue weighted by Crippen LogP contribution is 2.19. The smallest absolute Gasteiger partial charge is 0.168 e. The number of rotatable bonds is 1. The molecule has 0 saturated heterocycles. The van der Waals surface area contributed by atoms with E-state index in [2.05, 4.69) is 16.3 Å². The average molecular weight is 234 g/mol. The van der Waals surface area contributed by atoms with E-state index in [0.717, 1.165) is 17.0 Å². The Morgan fingerprint density at radius 3 is 2.56 bits per heavy atom. The first-order valence-electron chi connectivity index (χ1n) is 5.60. The summed E-state index contributed by atoms with van der Waals surface area (Å²) in [5.74, 6) is 0.752. The van der Waals surface area contributed by atoms with Crippen LogP contribution in [0.15, 0.2) is 42.6 Å². The molecule has 3 rings (SSSR count). The van der Waals surface area contributed by atoms with Gasteiger partial charge >= 0.3 is 0 Å². The average Bonchev–Trinajstić information content (AvgIpc) is 2.82. The molecule has 4 heteroatoms. The van der Waals surface area contributed by atoms with Gasteiger partial charge in [0.1, 0.15) is 6.07 Å². The summed E-state index contributed by atoms with van der Waals surface area (Å²) in [6.45, 7) is 2.04. The van der Waals surface area contributed by atoms with Crippen molar-refractivity contribution in [3.05, 3.63) is 53.7 Å². The van der Waals surface area contributed by atoms with E-state index in [-0.39, 0.29) is 0 Å². The van der Waals surface area contributed by atoms with Gasteiger partial charge in [0.25, 0.3) is 0 Å². The number of pyridine rings is 1. The fourth-order valence-corrected chi connectivity index (χ4v) is 1.86. The SMILES string of the molecule is Cc1ccc(-c2nnc3ccc(C#N)cn23)cc1. The molecule has 0 aliphatic carbocycles. The van der Waals surface area contributed by atoms with Crippen molar-refractivity contribution in [2.24, 2.45) is 0 Å². The van der Waals surface area contributed by atoms with Crippen molar-refractivity contribution in [1.29, 1.82) is 5.26 Å².